The number of aliphatic hydroxyl groups excluding tert-OH is 1. The van der Waals surface area contributed by atoms with Crippen LogP contribution in [0.25, 0.3) is 16.5 Å². The van der Waals surface area contributed by atoms with Crippen LogP contribution in [0.4, 0.5) is 16.3 Å². The number of carbonyl (C=O) groups is 1. The van der Waals surface area contributed by atoms with Crippen LogP contribution in [0, 0.1) is 0 Å². The van der Waals surface area contributed by atoms with Crippen molar-refractivity contribution < 1.29 is 19.4 Å². The highest BCUT2D eigenvalue weighted by Gasteiger charge is 2.17. The van der Waals surface area contributed by atoms with E-state index in [-0.39, 0.29) is 12.6 Å². The molecule has 1 aromatic heterocycles. The average molecular weight is 560 g/mol. The summed E-state index contributed by atoms with van der Waals surface area (Å²) in [5, 5.41) is 23.1. The van der Waals surface area contributed by atoms with Crippen molar-refractivity contribution in [3.63, 3.8) is 0 Å². The van der Waals surface area contributed by atoms with Crippen molar-refractivity contribution in [3.8, 4) is 11.4 Å². The lowest BCUT2D eigenvalue weighted by atomic mass is 10.1. The number of carbonyl (C=O) groups excluding carboxylic acids is 1. The number of morpholine rings is 1. The van der Waals surface area contributed by atoms with E-state index < -0.39 is 8.07 Å². The predicted molar refractivity (Wildman–Crippen MR) is 162 cm³/mol. The number of hydrogen-bond donors (Lipinski definition) is 3. The first-order chi connectivity index (χ1) is 19.3. The van der Waals surface area contributed by atoms with Crippen molar-refractivity contribution in [1.82, 2.24) is 14.7 Å². The SMILES string of the molecule is C[Si-](C)(C)c1cc(NC(=O)Nc2ccc(OCCN3CCOCC3)c3ccccc23)n(-c2ccc(CO)cc2)n1. The summed E-state index contributed by atoms with van der Waals surface area (Å²) in [5.74, 6) is 1.37. The van der Waals surface area contributed by atoms with Crippen LogP contribution < -0.4 is 20.7 Å². The van der Waals surface area contributed by atoms with Crippen LogP contribution in [0.2, 0.25) is 19.6 Å². The summed E-state index contributed by atoms with van der Waals surface area (Å²) in [6.45, 7) is 11.4. The molecule has 211 valence electrons. The molecule has 5 rings (SSSR count). The van der Waals surface area contributed by atoms with Gasteiger partial charge in [0.2, 0.25) is 0 Å². The minimum atomic E-state index is -1.75. The minimum absolute atomic E-state index is 0.0291. The van der Waals surface area contributed by atoms with Gasteiger partial charge in [-0.2, -0.15) is 19.6 Å². The first-order valence-electron chi connectivity index (χ1n) is 13.7. The standard InChI is InChI=1S/C30H37N5O4Si/c1-40(2,3)29-20-28(35(33-29)23-10-8-22(21-36)9-11-23)32-30(37)31-26-12-13-27(25-7-5-4-6-24(25)26)39-19-16-34-14-17-38-18-15-34/h4-13,20,36H,14-19,21H2,1-3H3,(H2,31,32,37)/q-1. The van der Waals surface area contributed by atoms with E-state index in [2.05, 4.69) is 35.2 Å². The van der Waals surface area contributed by atoms with Crippen LogP contribution in [0.1, 0.15) is 5.56 Å². The van der Waals surface area contributed by atoms with Crippen molar-refractivity contribution in [3.05, 3.63) is 72.3 Å². The molecule has 2 heterocycles. The number of ether oxygens (including phenoxy) is 2. The molecule has 0 radical (unpaired) electrons. The number of nitrogens with zero attached hydrogens (tertiary/aromatic N) is 3. The molecule has 0 unspecified atom stereocenters. The molecule has 40 heavy (non-hydrogen) atoms. The number of hydrogen-bond acceptors (Lipinski definition) is 6. The van der Waals surface area contributed by atoms with Gasteiger partial charge in [0.25, 0.3) is 0 Å². The number of benzene rings is 3. The zero-order chi connectivity index (χ0) is 28.1. The molecule has 1 aliphatic rings. The Labute approximate surface area is 235 Å². The van der Waals surface area contributed by atoms with Gasteiger partial charge in [-0.05, 0) is 35.9 Å². The van der Waals surface area contributed by atoms with Gasteiger partial charge in [0.05, 0.1) is 31.2 Å². The van der Waals surface area contributed by atoms with Crippen molar-refractivity contribution in [2.45, 2.75) is 26.2 Å². The molecule has 0 aliphatic carbocycles. The Morgan fingerprint density at radius 2 is 1.73 bits per heavy atom. The molecular weight excluding hydrogens is 522 g/mol. The maximum Gasteiger partial charge on any atom is 0.324 e. The van der Waals surface area contributed by atoms with E-state index in [1.54, 1.807) is 4.68 Å². The van der Waals surface area contributed by atoms with E-state index >= 15 is 0 Å². The van der Waals surface area contributed by atoms with Crippen LogP contribution >= 0.6 is 0 Å². The smallest absolute Gasteiger partial charge is 0.324 e. The molecule has 3 N–H and O–H groups in total. The molecule has 1 saturated heterocycles. The highest BCUT2D eigenvalue weighted by atomic mass is 28.3. The van der Waals surface area contributed by atoms with Gasteiger partial charge in [-0.25, -0.2) is 14.6 Å². The van der Waals surface area contributed by atoms with Gasteiger partial charge in [0, 0.05) is 30.4 Å². The molecule has 1 aliphatic heterocycles. The second-order valence-corrected chi connectivity index (χ2v) is 16.0. The van der Waals surface area contributed by atoms with E-state index in [0.717, 1.165) is 65.9 Å². The summed E-state index contributed by atoms with van der Waals surface area (Å²) in [6, 6.07) is 20.8. The molecule has 0 atom stereocenters. The van der Waals surface area contributed by atoms with Crippen LogP contribution in [0.3, 0.4) is 0 Å². The Morgan fingerprint density at radius 1 is 1.00 bits per heavy atom. The van der Waals surface area contributed by atoms with Gasteiger partial charge in [-0.15, -0.1) is 0 Å². The normalized spacial score (nSPS) is 14.3. The Balaban J connectivity index is 1.33. The molecule has 0 bridgehead atoms. The molecule has 0 spiro atoms. The molecule has 9 nitrogen and oxygen atoms in total. The second-order valence-electron chi connectivity index (χ2n) is 10.9. The summed E-state index contributed by atoms with van der Waals surface area (Å²) >= 11 is 0. The summed E-state index contributed by atoms with van der Waals surface area (Å²) in [5.41, 5.74) is 2.31. The maximum atomic E-state index is 13.3. The summed E-state index contributed by atoms with van der Waals surface area (Å²) in [4.78, 5) is 15.6. The molecule has 3 aromatic carbocycles. The largest absolute Gasteiger partial charge is 0.492 e. The number of fused-ring (bicyclic) bond motifs is 1. The van der Waals surface area contributed by atoms with Crippen LogP contribution in [-0.2, 0) is 11.3 Å². The lowest BCUT2D eigenvalue weighted by Crippen LogP contribution is -2.39. The van der Waals surface area contributed by atoms with E-state index in [0.29, 0.717) is 18.1 Å². The fourth-order valence-electron chi connectivity index (χ4n) is 4.66. The summed E-state index contributed by atoms with van der Waals surface area (Å²) < 4.78 is 13.3. The number of anilines is 2. The number of urea groups is 1. The van der Waals surface area contributed by atoms with E-state index in [4.69, 9.17) is 14.6 Å². The van der Waals surface area contributed by atoms with Gasteiger partial charge < -0.3 is 19.9 Å². The molecule has 4 aromatic rings. The van der Waals surface area contributed by atoms with Crippen LogP contribution in [-0.4, -0.2) is 73.3 Å². The Hall–Kier alpha value is -3.70. The molecule has 0 saturated carbocycles. The van der Waals surface area contributed by atoms with Crippen LogP contribution in [0.5, 0.6) is 5.75 Å². The molecule has 10 heteroatoms. The topological polar surface area (TPSA) is 101 Å². The Morgan fingerprint density at radius 3 is 2.42 bits per heavy atom. The fraction of sp³-hybridized carbons (Fsp3) is 0.333. The first kappa shape index (κ1) is 27.8. The Bertz CT molecular complexity index is 1460. The number of rotatable bonds is 9. The minimum Gasteiger partial charge on any atom is -0.492 e. The number of amides is 2. The molecule has 2 amide bonds. The monoisotopic (exact) mass is 559 g/mol. The van der Waals surface area contributed by atoms with Gasteiger partial charge in [-0.3, -0.25) is 10.2 Å². The van der Waals surface area contributed by atoms with Crippen molar-refractivity contribution in [2.75, 3.05) is 50.1 Å². The zero-order valence-electron chi connectivity index (χ0n) is 23.3. The summed E-state index contributed by atoms with van der Waals surface area (Å²) in [6.07, 6.45) is 0. The van der Waals surface area contributed by atoms with Gasteiger partial charge >= 0.3 is 6.03 Å². The average Bonchev–Trinajstić information content (AvgIpc) is 3.39. The highest BCUT2D eigenvalue weighted by molar-refractivity contribution is 6.88. The quantitative estimate of drug-likeness (QED) is 0.263. The van der Waals surface area contributed by atoms with Crippen molar-refractivity contribution in [1.29, 1.82) is 0 Å². The van der Waals surface area contributed by atoms with E-state index in [1.165, 1.54) is 0 Å². The van der Waals surface area contributed by atoms with Crippen molar-refractivity contribution in [2.24, 2.45) is 0 Å². The van der Waals surface area contributed by atoms with E-state index in [1.807, 2.05) is 66.7 Å². The highest BCUT2D eigenvalue weighted by Crippen LogP contribution is 2.32. The number of aromatic nitrogens is 2. The third-order valence-corrected chi connectivity index (χ3v) is 8.77. The predicted octanol–water partition coefficient (Wildman–Crippen LogP) is 4.42. The Kier molecular flexibility index (Phi) is 8.51. The third kappa shape index (κ3) is 6.53. The van der Waals surface area contributed by atoms with Gasteiger partial charge in [0.15, 0.2) is 0 Å². The zero-order valence-corrected chi connectivity index (χ0v) is 24.3. The summed E-state index contributed by atoms with van der Waals surface area (Å²) in [7, 11) is -1.75. The number of aliphatic hydroxyl groups is 1. The van der Waals surface area contributed by atoms with Crippen LogP contribution in [0.15, 0.2) is 66.7 Å². The third-order valence-electron chi connectivity index (χ3n) is 6.98. The fourth-order valence-corrected chi connectivity index (χ4v) is 5.63. The maximum absolute atomic E-state index is 13.3. The lowest BCUT2D eigenvalue weighted by Gasteiger charge is -2.26. The van der Waals surface area contributed by atoms with Gasteiger partial charge in [-0.1, -0.05) is 49.8 Å². The molecular formula is C30H37N5O4Si-. The van der Waals surface area contributed by atoms with Crippen molar-refractivity contribution >= 4 is 41.7 Å². The first-order valence-corrected chi connectivity index (χ1v) is 17.2. The second kappa shape index (κ2) is 12.2. The van der Waals surface area contributed by atoms with Gasteiger partial charge in [0.1, 0.15) is 18.2 Å². The lowest BCUT2D eigenvalue weighted by molar-refractivity contribution is 0.0323. The van der Waals surface area contributed by atoms with E-state index in [9.17, 15) is 9.90 Å². The number of nitrogens with one attached hydrogen (secondary N) is 2. The molecule has 1 fully saturated rings.